The highest BCUT2D eigenvalue weighted by Crippen LogP contribution is 2.15. The molecule has 0 saturated heterocycles. The van der Waals surface area contributed by atoms with E-state index < -0.39 is 27.8 Å². The lowest BCUT2D eigenvalue weighted by Gasteiger charge is -2.14. The fourth-order valence-electron chi connectivity index (χ4n) is 1.81. The van der Waals surface area contributed by atoms with Gasteiger partial charge in [0.1, 0.15) is 23.2 Å². The number of rotatable bonds is 6. The summed E-state index contributed by atoms with van der Waals surface area (Å²) >= 11 is 0. The molecule has 0 saturated carbocycles. The molecule has 1 aromatic carbocycles. The Kier molecular flexibility index (Phi) is 4.39. The van der Waals surface area contributed by atoms with Crippen LogP contribution in [0.4, 0.5) is 0 Å². The number of nitrogens with one attached hydrogen (secondary N) is 1. The molecule has 0 amide bonds. The van der Waals surface area contributed by atoms with Crippen molar-refractivity contribution in [1.82, 2.24) is 9.88 Å². The van der Waals surface area contributed by atoms with Gasteiger partial charge >= 0.3 is 5.97 Å². The maximum absolute atomic E-state index is 12.0. The van der Waals surface area contributed by atoms with Crippen LogP contribution in [0.1, 0.15) is 23.1 Å². The quantitative estimate of drug-likeness (QED) is 0.830. The van der Waals surface area contributed by atoms with Gasteiger partial charge in [-0.2, -0.15) is 4.72 Å². The molecule has 0 aliphatic carbocycles. The molecule has 0 radical (unpaired) electrons. The van der Waals surface area contributed by atoms with Gasteiger partial charge in [0.15, 0.2) is 0 Å². The lowest BCUT2D eigenvalue weighted by atomic mass is 10.1. The zero-order valence-corrected chi connectivity index (χ0v) is 12.0. The van der Waals surface area contributed by atoms with Crippen LogP contribution >= 0.6 is 0 Å². The first-order chi connectivity index (χ1) is 9.87. The number of aryl methyl sites for hydroxylation is 1. The zero-order chi connectivity index (χ0) is 15.5. The second-order valence-corrected chi connectivity index (χ2v) is 6.24. The van der Waals surface area contributed by atoms with Crippen LogP contribution in [0.3, 0.4) is 0 Å². The first kappa shape index (κ1) is 15.2. The summed E-state index contributed by atoms with van der Waals surface area (Å²) in [6.07, 6.45) is 0. The summed E-state index contributed by atoms with van der Waals surface area (Å²) in [6, 6.07) is 8.22. The van der Waals surface area contributed by atoms with Crippen molar-refractivity contribution >= 4 is 16.0 Å². The van der Waals surface area contributed by atoms with Crippen LogP contribution in [0.25, 0.3) is 0 Å². The Balaban J connectivity index is 2.18. The van der Waals surface area contributed by atoms with E-state index in [0.717, 1.165) is 0 Å². The summed E-state index contributed by atoms with van der Waals surface area (Å²) in [5.74, 6) is -1.24. The van der Waals surface area contributed by atoms with Crippen molar-refractivity contribution in [1.29, 1.82) is 0 Å². The van der Waals surface area contributed by atoms with Crippen molar-refractivity contribution in [2.45, 2.75) is 18.7 Å². The summed E-state index contributed by atoms with van der Waals surface area (Å²) in [7, 11) is -3.87. The smallest absolute Gasteiger partial charge is 0.326 e. The predicted octanol–water partition coefficient (Wildman–Crippen LogP) is 1.23. The van der Waals surface area contributed by atoms with Crippen LogP contribution in [0, 0.1) is 6.92 Å². The highest BCUT2D eigenvalue weighted by Gasteiger charge is 2.26. The minimum Gasteiger partial charge on any atom is -0.480 e. The van der Waals surface area contributed by atoms with Gasteiger partial charge < -0.3 is 9.63 Å². The van der Waals surface area contributed by atoms with Crippen molar-refractivity contribution in [2.24, 2.45) is 0 Å². The highest BCUT2D eigenvalue weighted by molar-refractivity contribution is 7.88. The number of benzene rings is 1. The number of sulfonamides is 1. The van der Waals surface area contributed by atoms with Crippen molar-refractivity contribution in [3.63, 3.8) is 0 Å². The van der Waals surface area contributed by atoms with E-state index in [0.29, 0.717) is 11.3 Å². The third-order valence-electron chi connectivity index (χ3n) is 2.69. The summed E-state index contributed by atoms with van der Waals surface area (Å²) in [4.78, 5) is 11.3. The van der Waals surface area contributed by atoms with Gasteiger partial charge in [0.25, 0.3) is 0 Å². The van der Waals surface area contributed by atoms with E-state index in [1.54, 1.807) is 37.3 Å². The third-order valence-corrected chi connectivity index (χ3v) is 3.96. The Morgan fingerprint density at radius 3 is 2.57 bits per heavy atom. The summed E-state index contributed by atoms with van der Waals surface area (Å²) in [5.41, 5.74) is 0.571. The van der Waals surface area contributed by atoms with Crippen LogP contribution < -0.4 is 4.72 Å². The first-order valence-corrected chi connectivity index (χ1v) is 7.72. The number of hydrogen-bond donors (Lipinski definition) is 2. The molecule has 8 heteroatoms. The number of hydrogen-bond acceptors (Lipinski definition) is 5. The highest BCUT2D eigenvalue weighted by atomic mass is 32.2. The topological polar surface area (TPSA) is 110 Å². The molecule has 1 aromatic heterocycles. The first-order valence-electron chi connectivity index (χ1n) is 6.07. The van der Waals surface area contributed by atoms with E-state index >= 15 is 0 Å². The standard InChI is InChI=1S/C13H14N2O5S/c1-9-7-11(14-20-9)8-21(18,19)15-12(13(16)17)10-5-3-2-4-6-10/h2-7,12,15H,8H2,1H3,(H,16,17)/t12-/m1/s1. The monoisotopic (exact) mass is 310 g/mol. The van der Waals surface area contributed by atoms with Gasteiger partial charge in [-0.25, -0.2) is 8.42 Å². The number of aromatic nitrogens is 1. The minimum atomic E-state index is -3.87. The molecule has 7 nitrogen and oxygen atoms in total. The number of nitrogens with zero attached hydrogens (tertiary/aromatic N) is 1. The van der Waals surface area contributed by atoms with Crippen LogP contribution in [-0.2, 0) is 20.6 Å². The van der Waals surface area contributed by atoms with Gasteiger partial charge in [0, 0.05) is 6.07 Å². The van der Waals surface area contributed by atoms with Gasteiger partial charge in [-0.3, -0.25) is 4.79 Å². The lowest BCUT2D eigenvalue weighted by molar-refractivity contribution is -0.139. The second kappa shape index (κ2) is 6.06. The molecule has 1 atom stereocenters. The summed E-state index contributed by atoms with van der Waals surface area (Å²) in [5, 5.41) is 12.8. The molecule has 21 heavy (non-hydrogen) atoms. The molecular formula is C13H14N2O5S. The average Bonchev–Trinajstić information content (AvgIpc) is 2.81. The molecule has 2 rings (SSSR count). The largest absolute Gasteiger partial charge is 0.480 e. The number of carbonyl (C=O) groups is 1. The SMILES string of the molecule is Cc1cc(CS(=O)(=O)N[C@@H](C(=O)O)c2ccccc2)no1. The fraction of sp³-hybridized carbons (Fsp3) is 0.231. The molecule has 0 fully saturated rings. The van der Waals surface area contributed by atoms with Crippen LogP contribution in [0.2, 0.25) is 0 Å². The van der Waals surface area contributed by atoms with Gasteiger partial charge in [-0.1, -0.05) is 35.5 Å². The predicted molar refractivity (Wildman–Crippen MR) is 73.8 cm³/mol. The maximum Gasteiger partial charge on any atom is 0.326 e. The molecule has 0 unspecified atom stereocenters. The Hall–Kier alpha value is -2.19. The van der Waals surface area contributed by atoms with Crippen LogP contribution in [0.15, 0.2) is 40.9 Å². The minimum absolute atomic E-state index is 0.220. The second-order valence-electron chi connectivity index (χ2n) is 4.49. The third kappa shape index (κ3) is 4.14. The molecule has 0 spiro atoms. The van der Waals surface area contributed by atoms with Gasteiger partial charge in [0.05, 0.1) is 0 Å². The van der Waals surface area contributed by atoms with E-state index in [-0.39, 0.29) is 5.69 Å². The van der Waals surface area contributed by atoms with Crippen molar-refractivity contribution < 1.29 is 22.8 Å². The Labute approximate surface area is 121 Å². The van der Waals surface area contributed by atoms with Crippen molar-refractivity contribution in [3.05, 3.63) is 53.4 Å². The zero-order valence-electron chi connectivity index (χ0n) is 11.2. The van der Waals surface area contributed by atoms with Crippen molar-refractivity contribution in [2.75, 3.05) is 0 Å². The average molecular weight is 310 g/mol. The van der Waals surface area contributed by atoms with Gasteiger partial charge in [0.2, 0.25) is 10.0 Å². The Morgan fingerprint density at radius 1 is 1.38 bits per heavy atom. The molecule has 0 aliphatic rings. The van der Waals surface area contributed by atoms with E-state index in [4.69, 9.17) is 4.52 Å². The normalized spacial score (nSPS) is 13.0. The molecule has 0 bridgehead atoms. The molecule has 0 aliphatic heterocycles. The molecule has 1 heterocycles. The van der Waals surface area contributed by atoms with Gasteiger partial charge in [-0.15, -0.1) is 0 Å². The number of aliphatic carboxylic acids is 1. The van der Waals surface area contributed by atoms with E-state index in [1.807, 2.05) is 0 Å². The number of carboxylic acids is 1. The summed E-state index contributed by atoms with van der Waals surface area (Å²) in [6.45, 7) is 1.64. The van der Waals surface area contributed by atoms with Crippen LogP contribution in [-0.4, -0.2) is 24.7 Å². The van der Waals surface area contributed by atoms with Crippen LogP contribution in [0.5, 0.6) is 0 Å². The molecule has 112 valence electrons. The number of carboxylic acid groups (broad SMARTS) is 1. The Bertz CT molecular complexity index is 724. The fourth-order valence-corrected chi connectivity index (χ4v) is 3.01. The lowest BCUT2D eigenvalue weighted by Crippen LogP contribution is -2.34. The van der Waals surface area contributed by atoms with E-state index in [1.165, 1.54) is 6.07 Å². The van der Waals surface area contributed by atoms with Crippen molar-refractivity contribution in [3.8, 4) is 0 Å². The van der Waals surface area contributed by atoms with E-state index in [2.05, 4.69) is 9.88 Å². The van der Waals surface area contributed by atoms with Gasteiger partial charge in [-0.05, 0) is 12.5 Å². The molecular weight excluding hydrogens is 296 g/mol. The Morgan fingerprint density at radius 2 is 2.05 bits per heavy atom. The molecule has 2 N–H and O–H groups in total. The summed E-state index contributed by atoms with van der Waals surface area (Å²) < 4.78 is 31.0. The molecule has 2 aromatic rings. The maximum atomic E-state index is 12.0. The van der Waals surface area contributed by atoms with E-state index in [9.17, 15) is 18.3 Å².